The summed E-state index contributed by atoms with van der Waals surface area (Å²) in [5, 5.41) is 1.31. The largest absolute Gasteiger partial charge is 0.320 e. The Labute approximate surface area is 121 Å². The molecule has 0 bridgehead atoms. The van der Waals surface area contributed by atoms with E-state index in [2.05, 4.69) is 4.98 Å². The van der Waals surface area contributed by atoms with Crippen molar-refractivity contribution in [2.75, 3.05) is 0 Å². The van der Waals surface area contributed by atoms with Gasteiger partial charge in [0, 0.05) is 16.6 Å². The minimum Gasteiger partial charge on any atom is -0.320 e. The number of pyridine rings is 1. The van der Waals surface area contributed by atoms with E-state index in [1.165, 1.54) is 12.1 Å². The molecule has 0 spiro atoms. The summed E-state index contributed by atoms with van der Waals surface area (Å²) in [4.78, 5) is 4.31. The van der Waals surface area contributed by atoms with E-state index in [4.69, 9.17) is 17.3 Å². The molecule has 0 amide bonds. The molecule has 0 saturated carbocycles. The second kappa shape index (κ2) is 5.19. The Hall–Kier alpha value is -1.97. The van der Waals surface area contributed by atoms with Crippen molar-refractivity contribution in [2.45, 2.75) is 6.04 Å². The summed E-state index contributed by atoms with van der Waals surface area (Å²) in [6.07, 6.45) is 1.74. The highest BCUT2D eigenvalue weighted by atomic mass is 35.5. The highest BCUT2D eigenvalue weighted by molar-refractivity contribution is 6.31. The van der Waals surface area contributed by atoms with Crippen LogP contribution in [0.4, 0.5) is 4.39 Å². The summed E-state index contributed by atoms with van der Waals surface area (Å²) in [5.41, 5.74) is 8.79. The molecule has 1 aromatic heterocycles. The fourth-order valence-electron chi connectivity index (χ4n) is 2.32. The van der Waals surface area contributed by atoms with Gasteiger partial charge in [0.2, 0.25) is 0 Å². The Morgan fingerprint density at radius 3 is 2.70 bits per heavy atom. The van der Waals surface area contributed by atoms with Gasteiger partial charge in [-0.25, -0.2) is 4.39 Å². The normalized spacial score (nSPS) is 12.6. The summed E-state index contributed by atoms with van der Waals surface area (Å²) >= 11 is 6.09. The topological polar surface area (TPSA) is 38.9 Å². The molecule has 4 heteroatoms. The van der Waals surface area contributed by atoms with Crippen LogP contribution in [0.15, 0.2) is 54.7 Å². The monoisotopic (exact) mass is 286 g/mol. The molecule has 1 heterocycles. The van der Waals surface area contributed by atoms with Crippen LogP contribution in [0.1, 0.15) is 17.2 Å². The first-order chi connectivity index (χ1) is 9.66. The van der Waals surface area contributed by atoms with E-state index >= 15 is 0 Å². The van der Waals surface area contributed by atoms with E-state index in [0.717, 1.165) is 16.5 Å². The molecule has 0 aliphatic heterocycles. The lowest BCUT2D eigenvalue weighted by molar-refractivity contribution is 0.626. The van der Waals surface area contributed by atoms with Gasteiger partial charge in [0.25, 0.3) is 0 Å². The molecule has 100 valence electrons. The van der Waals surface area contributed by atoms with Crippen molar-refractivity contribution < 1.29 is 4.39 Å². The molecule has 2 N–H and O–H groups in total. The van der Waals surface area contributed by atoms with Crippen LogP contribution < -0.4 is 5.73 Å². The Kier molecular flexibility index (Phi) is 3.38. The zero-order valence-corrected chi connectivity index (χ0v) is 11.3. The lowest BCUT2D eigenvalue weighted by Gasteiger charge is -2.16. The van der Waals surface area contributed by atoms with E-state index in [9.17, 15) is 4.39 Å². The van der Waals surface area contributed by atoms with Crippen molar-refractivity contribution in [1.82, 2.24) is 4.98 Å². The Balaban J connectivity index is 2.15. The molecule has 2 nitrogen and oxygen atoms in total. The number of halogens is 2. The number of hydrogen-bond acceptors (Lipinski definition) is 2. The van der Waals surface area contributed by atoms with Crippen molar-refractivity contribution in [3.05, 3.63) is 76.7 Å². The van der Waals surface area contributed by atoms with E-state index in [1.807, 2.05) is 30.3 Å². The van der Waals surface area contributed by atoms with Gasteiger partial charge in [0.05, 0.1) is 11.6 Å². The third-order valence-corrected chi connectivity index (χ3v) is 3.64. The Morgan fingerprint density at radius 1 is 1.05 bits per heavy atom. The maximum absolute atomic E-state index is 13.1. The van der Waals surface area contributed by atoms with Gasteiger partial charge in [-0.3, -0.25) is 4.98 Å². The molecular formula is C16H12ClFN2. The average molecular weight is 287 g/mol. The van der Waals surface area contributed by atoms with Gasteiger partial charge in [0.15, 0.2) is 0 Å². The molecule has 0 aliphatic rings. The highest BCUT2D eigenvalue weighted by Crippen LogP contribution is 2.30. The molecule has 2 aromatic carbocycles. The quantitative estimate of drug-likeness (QED) is 0.771. The van der Waals surface area contributed by atoms with Crippen molar-refractivity contribution in [3.8, 4) is 0 Å². The summed E-state index contributed by atoms with van der Waals surface area (Å²) in [5.74, 6) is -0.370. The van der Waals surface area contributed by atoms with Gasteiger partial charge < -0.3 is 5.73 Å². The fourth-order valence-corrected chi connectivity index (χ4v) is 2.60. The van der Waals surface area contributed by atoms with E-state index in [-0.39, 0.29) is 5.82 Å². The summed E-state index contributed by atoms with van der Waals surface area (Å²) in [7, 11) is 0. The first-order valence-corrected chi connectivity index (χ1v) is 6.59. The van der Waals surface area contributed by atoms with Crippen molar-refractivity contribution in [1.29, 1.82) is 0 Å². The number of nitrogens with zero attached hydrogens (tertiary/aromatic N) is 1. The predicted molar refractivity (Wildman–Crippen MR) is 79.2 cm³/mol. The second-order valence-electron chi connectivity index (χ2n) is 4.56. The first kappa shape index (κ1) is 13.0. The van der Waals surface area contributed by atoms with Crippen LogP contribution in [0.2, 0.25) is 5.02 Å². The predicted octanol–water partition coefficient (Wildman–Crippen LogP) is 4.08. The fraction of sp³-hybridized carbons (Fsp3) is 0.0625. The van der Waals surface area contributed by atoms with Crippen LogP contribution in [0.3, 0.4) is 0 Å². The summed E-state index contributed by atoms with van der Waals surface area (Å²) in [6.45, 7) is 0. The Morgan fingerprint density at radius 2 is 1.90 bits per heavy atom. The number of fused-ring (bicyclic) bond motifs is 1. The minimum atomic E-state index is -0.420. The molecule has 0 radical (unpaired) electrons. The zero-order valence-electron chi connectivity index (χ0n) is 10.6. The van der Waals surface area contributed by atoms with E-state index in [1.54, 1.807) is 12.3 Å². The zero-order chi connectivity index (χ0) is 14.1. The van der Waals surface area contributed by atoms with Gasteiger partial charge in [-0.1, -0.05) is 35.9 Å². The SMILES string of the molecule is NC(c1ccc(F)cc1Cl)c1cccc2ncccc12. The first-order valence-electron chi connectivity index (χ1n) is 6.21. The lowest BCUT2D eigenvalue weighted by Crippen LogP contribution is -2.13. The highest BCUT2D eigenvalue weighted by Gasteiger charge is 2.15. The molecule has 3 rings (SSSR count). The van der Waals surface area contributed by atoms with Crippen molar-refractivity contribution >= 4 is 22.5 Å². The smallest absolute Gasteiger partial charge is 0.124 e. The molecule has 0 aliphatic carbocycles. The second-order valence-corrected chi connectivity index (χ2v) is 4.97. The van der Waals surface area contributed by atoms with Crippen LogP contribution in [-0.2, 0) is 0 Å². The number of benzene rings is 2. The average Bonchev–Trinajstić information content (AvgIpc) is 2.46. The molecule has 1 unspecified atom stereocenters. The van der Waals surface area contributed by atoms with Gasteiger partial charge in [0.1, 0.15) is 5.82 Å². The van der Waals surface area contributed by atoms with Gasteiger partial charge >= 0.3 is 0 Å². The molecule has 3 aromatic rings. The van der Waals surface area contributed by atoms with Gasteiger partial charge in [-0.05, 0) is 35.4 Å². The number of nitrogens with two attached hydrogens (primary N) is 1. The van der Waals surface area contributed by atoms with Gasteiger partial charge in [-0.15, -0.1) is 0 Å². The molecular weight excluding hydrogens is 275 g/mol. The minimum absolute atomic E-state index is 0.332. The van der Waals surface area contributed by atoms with Crippen LogP contribution in [-0.4, -0.2) is 4.98 Å². The standard InChI is InChI=1S/C16H12ClFN2/c17-14-9-10(18)6-7-13(14)16(19)12-3-1-5-15-11(12)4-2-8-20-15/h1-9,16H,19H2. The maximum atomic E-state index is 13.1. The number of hydrogen-bond donors (Lipinski definition) is 1. The third kappa shape index (κ3) is 2.26. The van der Waals surface area contributed by atoms with Crippen LogP contribution >= 0.6 is 11.6 Å². The molecule has 0 saturated heterocycles. The molecule has 1 atom stereocenters. The van der Waals surface area contributed by atoms with Crippen molar-refractivity contribution in [2.24, 2.45) is 5.73 Å². The van der Waals surface area contributed by atoms with Crippen LogP contribution in [0.5, 0.6) is 0 Å². The van der Waals surface area contributed by atoms with Crippen molar-refractivity contribution in [3.63, 3.8) is 0 Å². The third-order valence-electron chi connectivity index (χ3n) is 3.31. The van der Waals surface area contributed by atoms with Crippen LogP contribution in [0.25, 0.3) is 10.9 Å². The maximum Gasteiger partial charge on any atom is 0.124 e. The molecule has 0 fully saturated rings. The van der Waals surface area contributed by atoms with Crippen LogP contribution in [0, 0.1) is 5.82 Å². The number of aromatic nitrogens is 1. The summed E-state index contributed by atoms with van der Waals surface area (Å²) in [6, 6.07) is 13.5. The lowest BCUT2D eigenvalue weighted by atomic mass is 9.96. The van der Waals surface area contributed by atoms with Gasteiger partial charge in [-0.2, -0.15) is 0 Å². The van der Waals surface area contributed by atoms with E-state index in [0.29, 0.717) is 10.6 Å². The summed E-state index contributed by atoms with van der Waals surface area (Å²) < 4.78 is 13.1. The van der Waals surface area contributed by atoms with E-state index < -0.39 is 6.04 Å². The Bertz CT molecular complexity index is 768. The number of rotatable bonds is 2. The molecule has 20 heavy (non-hydrogen) atoms.